The number of nitrogens with one attached hydrogen (secondary N) is 2. The van der Waals surface area contributed by atoms with E-state index in [4.69, 9.17) is 0 Å². The molecule has 0 saturated carbocycles. The fraction of sp³-hybridized carbons (Fsp3) is 0.556. The highest BCUT2D eigenvalue weighted by Gasteiger charge is 2.29. The van der Waals surface area contributed by atoms with E-state index in [0.717, 1.165) is 12.1 Å². The standard InChI is InChI=1S/C18H28N8O2/c1-23(2)17-21-14(11-16(27)22-17)12-24(3)15-5-9-25(13-15)18(28)19-7-10-26-8-4-6-20-26/h4,6,8,11,15H,5,7,9-10,12-13H2,1-3H3,(H,19,28)(H,21,22,27). The molecule has 28 heavy (non-hydrogen) atoms. The molecule has 2 N–H and O–H groups in total. The van der Waals surface area contributed by atoms with Crippen molar-refractivity contribution in [3.05, 3.63) is 40.6 Å². The number of hydrogen-bond acceptors (Lipinski definition) is 6. The van der Waals surface area contributed by atoms with E-state index in [2.05, 4.69) is 25.3 Å². The Kier molecular flexibility index (Phi) is 6.30. The molecule has 1 atom stereocenters. The van der Waals surface area contributed by atoms with Gasteiger partial charge in [0, 0.05) is 64.8 Å². The van der Waals surface area contributed by atoms with Crippen LogP contribution < -0.4 is 15.8 Å². The van der Waals surface area contributed by atoms with E-state index in [1.165, 1.54) is 6.07 Å². The molecule has 2 amide bonds. The van der Waals surface area contributed by atoms with Gasteiger partial charge in [-0.2, -0.15) is 5.10 Å². The highest BCUT2D eigenvalue weighted by atomic mass is 16.2. The number of hydrogen-bond donors (Lipinski definition) is 2. The number of likely N-dealkylation sites (tertiary alicyclic amines) is 1. The Labute approximate surface area is 164 Å². The SMILES string of the molecule is CN(C)c1nc(CN(C)C2CCN(C(=O)NCCn3cccn3)C2)cc(=O)[nH]1. The Bertz CT molecular complexity index is 832. The smallest absolute Gasteiger partial charge is 0.317 e. The molecule has 10 heteroatoms. The topological polar surface area (TPSA) is 102 Å². The maximum atomic E-state index is 12.4. The zero-order chi connectivity index (χ0) is 20.1. The van der Waals surface area contributed by atoms with E-state index in [-0.39, 0.29) is 17.6 Å². The first kappa shape index (κ1) is 19.9. The summed E-state index contributed by atoms with van der Waals surface area (Å²) in [6, 6.07) is 3.57. The summed E-state index contributed by atoms with van der Waals surface area (Å²) < 4.78 is 1.79. The molecule has 2 aromatic heterocycles. The van der Waals surface area contributed by atoms with Crippen molar-refractivity contribution in [2.24, 2.45) is 0 Å². The summed E-state index contributed by atoms with van der Waals surface area (Å²) in [4.78, 5) is 37.2. The first-order valence-corrected chi connectivity index (χ1v) is 9.40. The molecule has 0 aromatic carbocycles. The number of carbonyl (C=O) groups excluding carboxylic acids is 1. The molecule has 152 valence electrons. The molecule has 0 aliphatic carbocycles. The Morgan fingerprint density at radius 3 is 2.93 bits per heavy atom. The van der Waals surface area contributed by atoms with Crippen molar-refractivity contribution >= 4 is 12.0 Å². The van der Waals surface area contributed by atoms with Crippen LogP contribution in [-0.2, 0) is 13.1 Å². The van der Waals surface area contributed by atoms with Gasteiger partial charge in [0.25, 0.3) is 5.56 Å². The number of likely N-dealkylation sites (N-methyl/N-ethyl adjacent to an activating group) is 1. The van der Waals surface area contributed by atoms with Crippen LogP contribution in [0.1, 0.15) is 12.1 Å². The summed E-state index contributed by atoms with van der Waals surface area (Å²) in [5.74, 6) is 0.542. The van der Waals surface area contributed by atoms with Gasteiger partial charge in [0.1, 0.15) is 0 Å². The van der Waals surface area contributed by atoms with Crippen molar-refractivity contribution in [1.82, 2.24) is 34.9 Å². The average molecular weight is 388 g/mol. The van der Waals surface area contributed by atoms with Crippen molar-refractivity contribution < 1.29 is 4.79 Å². The van der Waals surface area contributed by atoms with Crippen molar-refractivity contribution in [2.75, 3.05) is 45.7 Å². The fourth-order valence-electron chi connectivity index (χ4n) is 3.28. The van der Waals surface area contributed by atoms with Gasteiger partial charge in [-0.3, -0.25) is 19.4 Å². The summed E-state index contributed by atoms with van der Waals surface area (Å²) in [6.07, 6.45) is 4.49. The van der Waals surface area contributed by atoms with Crippen molar-refractivity contribution in [3.63, 3.8) is 0 Å². The summed E-state index contributed by atoms with van der Waals surface area (Å²) in [5, 5.41) is 7.06. The van der Waals surface area contributed by atoms with Crippen molar-refractivity contribution in [1.29, 1.82) is 0 Å². The van der Waals surface area contributed by atoms with E-state index in [0.29, 0.717) is 38.7 Å². The van der Waals surface area contributed by atoms with Crippen LogP contribution in [0.5, 0.6) is 0 Å². The number of H-pyrrole nitrogens is 1. The van der Waals surface area contributed by atoms with Crippen LogP contribution in [0.3, 0.4) is 0 Å². The Morgan fingerprint density at radius 1 is 1.39 bits per heavy atom. The molecular formula is C18H28N8O2. The molecule has 1 aliphatic heterocycles. The number of aromatic nitrogens is 4. The van der Waals surface area contributed by atoms with Gasteiger partial charge in [-0.15, -0.1) is 0 Å². The number of urea groups is 1. The van der Waals surface area contributed by atoms with Gasteiger partial charge in [0.2, 0.25) is 5.95 Å². The zero-order valence-electron chi connectivity index (χ0n) is 16.6. The van der Waals surface area contributed by atoms with E-state index >= 15 is 0 Å². The normalized spacial score (nSPS) is 16.6. The predicted molar refractivity (Wildman–Crippen MR) is 106 cm³/mol. The monoisotopic (exact) mass is 388 g/mol. The van der Waals surface area contributed by atoms with Crippen LogP contribution >= 0.6 is 0 Å². The molecule has 1 aliphatic rings. The molecule has 3 heterocycles. The second-order valence-corrected chi connectivity index (χ2v) is 7.26. The number of rotatable bonds is 7. The largest absolute Gasteiger partial charge is 0.348 e. The van der Waals surface area contributed by atoms with Gasteiger partial charge < -0.3 is 15.1 Å². The molecule has 3 rings (SSSR count). The maximum Gasteiger partial charge on any atom is 0.317 e. The number of carbonyl (C=O) groups is 1. The summed E-state index contributed by atoms with van der Waals surface area (Å²) in [6.45, 7) is 3.13. The van der Waals surface area contributed by atoms with Gasteiger partial charge in [0.15, 0.2) is 0 Å². The van der Waals surface area contributed by atoms with Gasteiger partial charge in [-0.05, 0) is 19.5 Å². The molecule has 1 saturated heterocycles. The third-order valence-corrected chi connectivity index (χ3v) is 4.87. The molecule has 0 radical (unpaired) electrons. The highest BCUT2D eigenvalue weighted by Crippen LogP contribution is 2.16. The Hall–Kier alpha value is -2.88. The summed E-state index contributed by atoms with van der Waals surface area (Å²) in [5.41, 5.74) is 0.559. The lowest BCUT2D eigenvalue weighted by atomic mass is 10.2. The number of anilines is 1. The molecule has 1 fully saturated rings. The van der Waals surface area contributed by atoms with E-state index < -0.39 is 0 Å². The van der Waals surface area contributed by atoms with Crippen molar-refractivity contribution in [3.8, 4) is 0 Å². The van der Waals surface area contributed by atoms with Crippen LogP contribution in [0.4, 0.5) is 10.7 Å². The van der Waals surface area contributed by atoms with Crippen molar-refractivity contribution in [2.45, 2.75) is 25.6 Å². The average Bonchev–Trinajstić information content (AvgIpc) is 3.33. The zero-order valence-corrected chi connectivity index (χ0v) is 16.6. The second kappa shape index (κ2) is 8.87. The second-order valence-electron chi connectivity index (χ2n) is 7.26. The van der Waals surface area contributed by atoms with E-state index in [1.807, 2.05) is 38.3 Å². The van der Waals surface area contributed by atoms with Gasteiger partial charge in [0.05, 0.1) is 12.2 Å². The first-order chi connectivity index (χ1) is 13.4. The van der Waals surface area contributed by atoms with Crippen LogP contribution in [0.25, 0.3) is 0 Å². The lowest BCUT2D eigenvalue weighted by Crippen LogP contribution is -2.42. The highest BCUT2D eigenvalue weighted by molar-refractivity contribution is 5.74. The third kappa shape index (κ3) is 5.10. The predicted octanol–water partition coefficient (Wildman–Crippen LogP) is -0.0517. The quantitative estimate of drug-likeness (QED) is 0.689. The number of nitrogens with zero attached hydrogens (tertiary/aromatic N) is 6. The van der Waals surface area contributed by atoms with Crippen LogP contribution in [0.15, 0.2) is 29.3 Å². The maximum absolute atomic E-state index is 12.4. The lowest BCUT2D eigenvalue weighted by Gasteiger charge is -2.24. The molecule has 2 aromatic rings. The molecular weight excluding hydrogens is 360 g/mol. The fourth-order valence-corrected chi connectivity index (χ4v) is 3.28. The lowest BCUT2D eigenvalue weighted by molar-refractivity contribution is 0.196. The molecule has 0 bridgehead atoms. The Balaban J connectivity index is 1.49. The van der Waals surface area contributed by atoms with E-state index in [9.17, 15) is 9.59 Å². The Morgan fingerprint density at radius 2 is 2.21 bits per heavy atom. The third-order valence-electron chi connectivity index (χ3n) is 4.87. The van der Waals surface area contributed by atoms with Gasteiger partial charge >= 0.3 is 6.03 Å². The number of amides is 2. The van der Waals surface area contributed by atoms with Gasteiger partial charge in [-0.25, -0.2) is 9.78 Å². The van der Waals surface area contributed by atoms with Gasteiger partial charge in [-0.1, -0.05) is 0 Å². The number of aromatic amines is 1. The summed E-state index contributed by atoms with van der Waals surface area (Å²) >= 11 is 0. The molecule has 1 unspecified atom stereocenters. The minimum Gasteiger partial charge on any atom is -0.348 e. The molecule has 0 spiro atoms. The van der Waals surface area contributed by atoms with E-state index in [1.54, 1.807) is 15.8 Å². The van der Waals surface area contributed by atoms with Crippen LogP contribution in [0.2, 0.25) is 0 Å². The van der Waals surface area contributed by atoms with Crippen LogP contribution in [0, 0.1) is 0 Å². The molecule has 10 nitrogen and oxygen atoms in total. The minimum atomic E-state index is -0.160. The first-order valence-electron chi connectivity index (χ1n) is 9.40. The minimum absolute atomic E-state index is 0.0489. The van der Waals surface area contributed by atoms with Crippen LogP contribution in [-0.4, -0.2) is 82.4 Å². The summed E-state index contributed by atoms with van der Waals surface area (Å²) in [7, 11) is 5.68.